The van der Waals surface area contributed by atoms with Crippen molar-refractivity contribution in [3.8, 4) is 0 Å². The Bertz CT molecular complexity index is 886. The van der Waals surface area contributed by atoms with E-state index in [-0.39, 0.29) is 29.8 Å². The lowest BCUT2D eigenvalue weighted by molar-refractivity contribution is -0.116. The van der Waals surface area contributed by atoms with Crippen LogP contribution in [0.4, 0.5) is 17.1 Å². The van der Waals surface area contributed by atoms with Crippen LogP contribution < -0.4 is 20.9 Å². The summed E-state index contributed by atoms with van der Waals surface area (Å²) in [5, 5.41) is 8.71. The molecule has 0 aliphatic heterocycles. The highest BCUT2D eigenvalue weighted by Gasteiger charge is 2.15. The summed E-state index contributed by atoms with van der Waals surface area (Å²) in [6.45, 7) is 7.30. The SMILES string of the molecule is CC(=O)N(C)c1ccc(NCC(=O)Nc2cccc(C(=O)NC(C)(C)C)c2)cc1. The largest absolute Gasteiger partial charge is 0.376 e. The first-order valence-electron chi connectivity index (χ1n) is 9.36. The molecule has 3 amide bonds. The molecule has 2 aromatic carbocycles. The summed E-state index contributed by atoms with van der Waals surface area (Å²) in [4.78, 5) is 37.4. The molecule has 3 N–H and O–H groups in total. The second kappa shape index (κ2) is 9.23. The molecule has 0 aliphatic carbocycles. The standard InChI is InChI=1S/C22H28N4O3/c1-15(27)26(5)19-11-9-17(10-12-19)23-14-20(28)24-18-8-6-7-16(13-18)21(29)25-22(2,3)4/h6-13,23H,14H2,1-5H3,(H,24,28)(H,25,29). The Morgan fingerprint density at radius 2 is 1.62 bits per heavy atom. The molecule has 0 saturated carbocycles. The van der Waals surface area contributed by atoms with Gasteiger partial charge in [-0.2, -0.15) is 0 Å². The Morgan fingerprint density at radius 1 is 0.966 bits per heavy atom. The van der Waals surface area contributed by atoms with E-state index in [1.165, 1.54) is 6.92 Å². The molecule has 154 valence electrons. The summed E-state index contributed by atoms with van der Waals surface area (Å²) < 4.78 is 0. The number of amides is 3. The zero-order valence-electron chi connectivity index (χ0n) is 17.5. The Kier molecular flexibility index (Phi) is 6.98. The van der Waals surface area contributed by atoms with Crippen LogP contribution >= 0.6 is 0 Å². The van der Waals surface area contributed by atoms with E-state index >= 15 is 0 Å². The number of rotatable bonds is 6. The van der Waals surface area contributed by atoms with Gasteiger partial charge in [-0.25, -0.2) is 0 Å². The van der Waals surface area contributed by atoms with Gasteiger partial charge in [-0.15, -0.1) is 0 Å². The van der Waals surface area contributed by atoms with Crippen molar-refractivity contribution in [3.63, 3.8) is 0 Å². The average Bonchev–Trinajstić information content (AvgIpc) is 2.65. The van der Waals surface area contributed by atoms with Crippen molar-refractivity contribution in [3.05, 3.63) is 54.1 Å². The lowest BCUT2D eigenvalue weighted by Gasteiger charge is -2.20. The number of hydrogen-bond acceptors (Lipinski definition) is 4. The molecule has 0 fully saturated rings. The molecule has 0 spiro atoms. The van der Waals surface area contributed by atoms with Gasteiger partial charge in [0, 0.05) is 42.1 Å². The van der Waals surface area contributed by atoms with E-state index in [1.54, 1.807) is 60.5 Å². The number of hydrogen-bond donors (Lipinski definition) is 3. The Hall–Kier alpha value is -3.35. The van der Waals surface area contributed by atoms with Crippen molar-refractivity contribution in [2.45, 2.75) is 33.2 Å². The summed E-state index contributed by atoms with van der Waals surface area (Å²) in [7, 11) is 1.70. The molecule has 0 atom stereocenters. The van der Waals surface area contributed by atoms with Crippen molar-refractivity contribution < 1.29 is 14.4 Å². The van der Waals surface area contributed by atoms with E-state index in [1.807, 2.05) is 20.8 Å². The van der Waals surface area contributed by atoms with Gasteiger partial charge in [-0.1, -0.05) is 6.07 Å². The van der Waals surface area contributed by atoms with E-state index in [2.05, 4.69) is 16.0 Å². The smallest absolute Gasteiger partial charge is 0.251 e. The van der Waals surface area contributed by atoms with Gasteiger partial charge in [0.1, 0.15) is 0 Å². The number of anilines is 3. The third-order valence-corrected chi connectivity index (χ3v) is 4.08. The second-order valence-electron chi connectivity index (χ2n) is 7.81. The third-order valence-electron chi connectivity index (χ3n) is 4.08. The van der Waals surface area contributed by atoms with Crippen molar-refractivity contribution in [1.29, 1.82) is 0 Å². The van der Waals surface area contributed by atoms with E-state index in [9.17, 15) is 14.4 Å². The van der Waals surface area contributed by atoms with Crippen LogP contribution in [0.25, 0.3) is 0 Å². The molecule has 0 radical (unpaired) electrons. The highest BCUT2D eigenvalue weighted by molar-refractivity contribution is 5.98. The normalized spacial score (nSPS) is 10.8. The first kappa shape index (κ1) is 21.9. The van der Waals surface area contributed by atoms with Gasteiger partial charge in [0.05, 0.1) is 6.54 Å². The van der Waals surface area contributed by atoms with Gasteiger partial charge in [0.15, 0.2) is 0 Å². The highest BCUT2D eigenvalue weighted by Crippen LogP contribution is 2.17. The van der Waals surface area contributed by atoms with Crippen LogP contribution in [0.2, 0.25) is 0 Å². The molecule has 0 saturated heterocycles. The van der Waals surface area contributed by atoms with Crippen LogP contribution in [-0.2, 0) is 9.59 Å². The zero-order chi connectivity index (χ0) is 21.6. The Labute approximate surface area is 171 Å². The second-order valence-corrected chi connectivity index (χ2v) is 7.81. The molecule has 7 nitrogen and oxygen atoms in total. The summed E-state index contributed by atoms with van der Waals surface area (Å²) in [6, 6.07) is 14.0. The fourth-order valence-electron chi connectivity index (χ4n) is 2.52. The number of carbonyl (C=O) groups excluding carboxylic acids is 3. The minimum absolute atomic E-state index is 0.0523. The van der Waals surface area contributed by atoms with E-state index in [4.69, 9.17) is 0 Å². The maximum absolute atomic E-state index is 12.3. The summed E-state index contributed by atoms with van der Waals surface area (Å²) in [5.41, 5.74) is 2.24. The Balaban J connectivity index is 1.92. The maximum Gasteiger partial charge on any atom is 0.251 e. The van der Waals surface area contributed by atoms with Crippen molar-refractivity contribution in [2.24, 2.45) is 0 Å². The molecule has 0 aliphatic rings. The van der Waals surface area contributed by atoms with Gasteiger partial charge in [-0.3, -0.25) is 14.4 Å². The zero-order valence-corrected chi connectivity index (χ0v) is 17.5. The van der Waals surface area contributed by atoms with Crippen LogP contribution in [0, 0.1) is 0 Å². The van der Waals surface area contributed by atoms with Gasteiger partial charge in [0.2, 0.25) is 11.8 Å². The average molecular weight is 396 g/mol. The number of nitrogens with zero attached hydrogens (tertiary/aromatic N) is 1. The van der Waals surface area contributed by atoms with Gasteiger partial charge in [0.25, 0.3) is 5.91 Å². The molecular weight excluding hydrogens is 368 g/mol. The predicted octanol–water partition coefficient (Wildman–Crippen LogP) is 3.25. The number of carbonyl (C=O) groups is 3. The van der Waals surface area contributed by atoms with Crippen molar-refractivity contribution in [1.82, 2.24) is 5.32 Å². The van der Waals surface area contributed by atoms with Crippen molar-refractivity contribution in [2.75, 3.05) is 29.1 Å². The van der Waals surface area contributed by atoms with Crippen LogP contribution in [-0.4, -0.2) is 36.9 Å². The van der Waals surface area contributed by atoms with Gasteiger partial charge < -0.3 is 20.9 Å². The monoisotopic (exact) mass is 396 g/mol. The lowest BCUT2D eigenvalue weighted by Crippen LogP contribution is -2.40. The van der Waals surface area contributed by atoms with E-state index in [0.29, 0.717) is 11.3 Å². The van der Waals surface area contributed by atoms with Crippen LogP contribution in [0.15, 0.2) is 48.5 Å². The number of nitrogens with one attached hydrogen (secondary N) is 3. The van der Waals surface area contributed by atoms with Gasteiger partial charge in [-0.05, 0) is 63.2 Å². The number of benzene rings is 2. The van der Waals surface area contributed by atoms with Crippen molar-refractivity contribution >= 4 is 34.8 Å². The summed E-state index contributed by atoms with van der Waals surface area (Å²) in [5.74, 6) is -0.478. The minimum atomic E-state index is -0.338. The fraction of sp³-hybridized carbons (Fsp3) is 0.318. The molecule has 0 aromatic heterocycles. The minimum Gasteiger partial charge on any atom is -0.376 e. The Morgan fingerprint density at radius 3 is 2.21 bits per heavy atom. The molecule has 2 aromatic rings. The lowest BCUT2D eigenvalue weighted by atomic mass is 10.1. The predicted molar refractivity (Wildman–Crippen MR) is 116 cm³/mol. The van der Waals surface area contributed by atoms with Crippen LogP contribution in [0.1, 0.15) is 38.1 Å². The van der Waals surface area contributed by atoms with E-state index < -0.39 is 0 Å². The van der Waals surface area contributed by atoms with Gasteiger partial charge >= 0.3 is 0 Å². The first-order chi connectivity index (χ1) is 13.5. The fourth-order valence-corrected chi connectivity index (χ4v) is 2.52. The van der Waals surface area contributed by atoms with E-state index in [0.717, 1.165) is 11.4 Å². The van der Waals surface area contributed by atoms with Crippen LogP contribution in [0.3, 0.4) is 0 Å². The molecule has 0 heterocycles. The van der Waals surface area contributed by atoms with Crippen LogP contribution in [0.5, 0.6) is 0 Å². The molecule has 2 rings (SSSR count). The molecule has 7 heteroatoms. The first-order valence-corrected chi connectivity index (χ1v) is 9.36. The molecule has 29 heavy (non-hydrogen) atoms. The summed E-state index contributed by atoms with van der Waals surface area (Å²) in [6.07, 6.45) is 0. The third kappa shape index (κ3) is 6.95. The molecule has 0 bridgehead atoms. The molecule has 0 unspecified atom stereocenters. The topological polar surface area (TPSA) is 90.5 Å². The quantitative estimate of drug-likeness (QED) is 0.699. The maximum atomic E-state index is 12.3. The summed E-state index contributed by atoms with van der Waals surface area (Å²) >= 11 is 0. The highest BCUT2D eigenvalue weighted by atomic mass is 16.2. The molecular formula is C22H28N4O3.